The molecule has 9 heteroatoms. The number of pyridine rings is 2. The van der Waals surface area contributed by atoms with Crippen LogP contribution in [0.15, 0.2) is 47.5 Å². The summed E-state index contributed by atoms with van der Waals surface area (Å²) in [6.07, 6.45) is 2.79. The molecule has 0 aliphatic rings. The molecule has 0 radical (unpaired) electrons. The number of nitrogens with one attached hydrogen (secondary N) is 1. The molecule has 8 nitrogen and oxygen atoms in total. The van der Waals surface area contributed by atoms with Crippen LogP contribution in [-0.2, 0) is 17.3 Å². The average molecular weight is 372 g/mol. The summed E-state index contributed by atoms with van der Waals surface area (Å²) in [7, 11) is 0.445. The normalized spacial score (nSPS) is 11.9. The van der Waals surface area contributed by atoms with Gasteiger partial charge in [-0.15, -0.1) is 0 Å². The molecule has 3 aromatic rings. The van der Waals surface area contributed by atoms with Crippen molar-refractivity contribution in [3.8, 4) is 5.88 Å². The van der Waals surface area contributed by atoms with Crippen LogP contribution in [0.1, 0.15) is 5.56 Å². The van der Waals surface area contributed by atoms with Crippen LogP contribution >= 0.6 is 0 Å². The Labute approximate surface area is 151 Å². The van der Waals surface area contributed by atoms with Crippen molar-refractivity contribution in [2.75, 3.05) is 18.7 Å². The van der Waals surface area contributed by atoms with Gasteiger partial charge in [0.2, 0.25) is 5.88 Å². The number of hydrogen-bond donors (Lipinski definition) is 1. The molecular formula is C17H16N4O4S. The first-order chi connectivity index (χ1) is 12.5. The topological polar surface area (TPSA) is 107 Å². The third kappa shape index (κ3) is 3.62. The molecule has 1 N–H and O–H groups in total. The number of ether oxygens (including phenoxy) is 1. The lowest BCUT2D eigenvalue weighted by molar-refractivity contribution is -0.384. The second-order valence-corrected chi connectivity index (χ2v) is 6.83. The van der Waals surface area contributed by atoms with E-state index in [1.54, 1.807) is 30.5 Å². The van der Waals surface area contributed by atoms with Crippen molar-refractivity contribution < 1.29 is 13.9 Å². The van der Waals surface area contributed by atoms with Crippen LogP contribution in [0.25, 0.3) is 11.0 Å². The third-order valence-electron chi connectivity index (χ3n) is 3.81. The lowest BCUT2D eigenvalue weighted by atomic mass is 10.2. The zero-order chi connectivity index (χ0) is 18.7. The number of nitrogens with zero attached hydrogens (tertiary/aromatic N) is 3. The Morgan fingerprint density at radius 2 is 1.96 bits per heavy atom. The maximum atomic E-state index is 11.5. The molecule has 0 fully saturated rings. The van der Waals surface area contributed by atoms with Gasteiger partial charge in [-0.25, -0.2) is 4.98 Å². The first-order valence-electron chi connectivity index (χ1n) is 7.64. The van der Waals surface area contributed by atoms with E-state index >= 15 is 0 Å². The average Bonchev–Trinajstić information content (AvgIpc) is 2.65. The second kappa shape index (κ2) is 7.44. The van der Waals surface area contributed by atoms with Crippen molar-refractivity contribution in [1.29, 1.82) is 0 Å². The number of aromatic nitrogens is 2. The van der Waals surface area contributed by atoms with Gasteiger partial charge < -0.3 is 10.1 Å². The van der Waals surface area contributed by atoms with Gasteiger partial charge in [0.15, 0.2) is 5.65 Å². The van der Waals surface area contributed by atoms with Crippen molar-refractivity contribution >= 4 is 33.2 Å². The summed E-state index contributed by atoms with van der Waals surface area (Å²) in [4.78, 5) is 19.9. The smallest absolute Gasteiger partial charge is 0.311 e. The third-order valence-corrected chi connectivity index (χ3v) is 4.75. The predicted molar refractivity (Wildman–Crippen MR) is 98.8 cm³/mol. The first-order valence-corrected chi connectivity index (χ1v) is 9.20. The van der Waals surface area contributed by atoms with Crippen LogP contribution in [0.2, 0.25) is 0 Å². The Balaban J connectivity index is 1.95. The zero-order valence-electron chi connectivity index (χ0n) is 14.1. The van der Waals surface area contributed by atoms with Crippen LogP contribution in [0.4, 0.5) is 11.4 Å². The van der Waals surface area contributed by atoms with Crippen molar-refractivity contribution in [1.82, 2.24) is 9.97 Å². The summed E-state index contributed by atoms with van der Waals surface area (Å²) in [5, 5.41) is 15.0. The van der Waals surface area contributed by atoms with Gasteiger partial charge in [0.25, 0.3) is 0 Å². The van der Waals surface area contributed by atoms with Crippen LogP contribution < -0.4 is 10.1 Å². The molecule has 26 heavy (non-hydrogen) atoms. The minimum Gasteiger partial charge on any atom is -0.481 e. The highest BCUT2D eigenvalue weighted by Crippen LogP contribution is 2.32. The molecule has 2 aromatic heterocycles. The molecule has 134 valence electrons. The minimum absolute atomic E-state index is 0.129. The molecule has 0 amide bonds. The fraction of sp³-hybridized carbons (Fsp3) is 0.176. The Kier molecular flexibility index (Phi) is 5.08. The van der Waals surface area contributed by atoms with Gasteiger partial charge in [0, 0.05) is 39.9 Å². The van der Waals surface area contributed by atoms with E-state index in [2.05, 4.69) is 15.3 Å². The van der Waals surface area contributed by atoms with E-state index in [9.17, 15) is 14.3 Å². The van der Waals surface area contributed by atoms with Crippen LogP contribution in [0.3, 0.4) is 0 Å². The van der Waals surface area contributed by atoms with E-state index < -0.39 is 15.7 Å². The highest BCUT2D eigenvalue weighted by molar-refractivity contribution is 7.84. The Morgan fingerprint density at radius 3 is 2.58 bits per heavy atom. The van der Waals surface area contributed by atoms with Crippen LogP contribution in [-0.4, -0.2) is 32.5 Å². The predicted octanol–water partition coefficient (Wildman–Crippen LogP) is 2.90. The Morgan fingerprint density at radius 1 is 1.23 bits per heavy atom. The lowest BCUT2D eigenvalue weighted by Crippen LogP contribution is -2.05. The SMILES string of the molecule is COc1ccc2c(NCc3ccc(S(C)=O)cc3)c([N+](=O)[O-])cnc2n1. The lowest BCUT2D eigenvalue weighted by Gasteiger charge is -2.10. The molecule has 1 aromatic carbocycles. The molecule has 3 rings (SSSR count). The fourth-order valence-corrected chi connectivity index (χ4v) is 3.00. The number of nitro groups is 1. The molecule has 0 aliphatic carbocycles. The number of methoxy groups -OCH3 is 1. The van der Waals surface area contributed by atoms with Gasteiger partial charge >= 0.3 is 5.69 Å². The van der Waals surface area contributed by atoms with Gasteiger partial charge in [-0.1, -0.05) is 12.1 Å². The summed E-state index contributed by atoms with van der Waals surface area (Å²) in [5.74, 6) is 0.382. The van der Waals surface area contributed by atoms with Gasteiger partial charge in [0.05, 0.1) is 12.0 Å². The van der Waals surface area contributed by atoms with Crippen molar-refractivity contribution in [2.45, 2.75) is 11.4 Å². The standard InChI is InChI=1S/C17H16N4O4S/c1-25-15-8-7-13-16(14(21(22)23)10-19-17(13)20-15)18-9-11-3-5-12(6-4-11)26(2)24/h3-8,10H,9H2,1-2H3,(H,18,19,20). The van der Waals surface area contributed by atoms with Gasteiger partial charge in [-0.2, -0.15) is 4.98 Å². The monoisotopic (exact) mass is 372 g/mol. The molecule has 0 aliphatic heterocycles. The van der Waals surface area contributed by atoms with Gasteiger partial charge in [-0.3, -0.25) is 14.3 Å². The summed E-state index contributed by atoms with van der Waals surface area (Å²) < 4.78 is 16.5. The van der Waals surface area contributed by atoms with E-state index in [-0.39, 0.29) is 5.69 Å². The Hall–Kier alpha value is -3.07. The van der Waals surface area contributed by atoms with Crippen LogP contribution in [0.5, 0.6) is 5.88 Å². The van der Waals surface area contributed by atoms with E-state index in [0.29, 0.717) is 29.1 Å². The summed E-state index contributed by atoms with van der Waals surface area (Å²) in [5.41, 5.74) is 1.48. The molecule has 1 atom stereocenters. The molecule has 0 spiro atoms. The maximum absolute atomic E-state index is 11.5. The van der Waals surface area contributed by atoms with E-state index in [1.165, 1.54) is 13.3 Å². The molecule has 2 heterocycles. The molecule has 1 unspecified atom stereocenters. The molecule has 0 saturated carbocycles. The van der Waals surface area contributed by atoms with E-state index in [0.717, 1.165) is 10.5 Å². The zero-order valence-corrected chi connectivity index (χ0v) is 14.9. The van der Waals surface area contributed by atoms with Crippen molar-refractivity contribution in [3.05, 3.63) is 58.3 Å². The quantitative estimate of drug-likeness (QED) is 0.523. The summed E-state index contributed by atoms with van der Waals surface area (Å²) in [6, 6.07) is 10.5. The number of benzene rings is 1. The highest BCUT2D eigenvalue weighted by atomic mass is 32.2. The largest absolute Gasteiger partial charge is 0.481 e. The van der Waals surface area contributed by atoms with Crippen molar-refractivity contribution in [3.63, 3.8) is 0 Å². The molecule has 0 bridgehead atoms. The second-order valence-electron chi connectivity index (χ2n) is 5.45. The summed E-state index contributed by atoms with van der Waals surface area (Å²) >= 11 is 0. The molecule has 0 saturated heterocycles. The number of fused-ring (bicyclic) bond motifs is 1. The number of hydrogen-bond acceptors (Lipinski definition) is 7. The van der Waals surface area contributed by atoms with Crippen LogP contribution in [0, 0.1) is 10.1 Å². The van der Waals surface area contributed by atoms with Gasteiger partial charge in [0.1, 0.15) is 11.9 Å². The fourth-order valence-electron chi connectivity index (χ4n) is 2.48. The molecular weight excluding hydrogens is 356 g/mol. The number of anilines is 1. The summed E-state index contributed by atoms with van der Waals surface area (Å²) in [6.45, 7) is 0.364. The van der Waals surface area contributed by atoms with E-state index in [4.69, 9.17) is 4.74 Å². The number of rotatable bonds is 6. The maximum Gasteiger partial charge on any atom is 0.311 e. The minimum atomic E-state index is -1.05. The Bertz CT molecular complexity index is 992. The van der Waals surface area contributed by atoms with Gasteiger partial charge in [-0.05, 0) is 23.8 Å². The van der Waals surface area contributed by atoms with Crippen molar-refractivity contribution in [2.24, 2.45) is 0 Å². The first kappa shape index (κ1) is 17.7. The highest BCUT2D eigenvalue weighted by Gasteiger charge is 2.19. The van der Waals surface area contributed by atoms with E-state index in [1.807, 2.05) is 12.1 Å².